The van der Waals surface area contributed by atoms with E-state index in [0.29, 0.717) is 6.04 Å². The lowest BCUT2D eigenvalue weighted by Gasteiger charge is -2.37. The van der Waals surface area contributed by atoms with Crippen molar-refractivity contribution in [1.82, 2.24) is 10.2 Å². The van der Waals surface area contributed by atoms with Gasteiger partial charge in [0, 0.05) is 48.8 Å². The van der Waals surface area contributed by atoms with Crippen LogP contribution in [0, 0.1) is 0 Å². The highest BCUT2D eigenvalue weighted by Crippen LogP contribution is 2.23. The summed E-state index contributed by atoms with van der Waals surface area (Å²) in [6.45, 7) is 9.00. The topological polar surface area (TPSA) is 28.4 Å². The summed E-state index contributed by atoms with van der Waals surface area (Å²) in [6.07, 6.45) is 3.53. The maximum absolute atomic E-state index is 5.04. The number of nitrogens with one attached hydrogen (secondary N) is 1. The van der Waals surface area contributed by atoms with Crippen LogP contribution in [-0.2, 0) is 6.54 Å². The molecule has 1 saturated heterocycles. The van der Waals surface area contributed by atoms with Gasteiger partial charge < -0.3 is 9.73 Å². The molecule has 1 aromatic rings. The summed E-state index contributed by atoms with van der Waals surface area (Å²) in [5.41, 5.74) is 1.22. The Kier molecular flexibility index (Phi) is 4.95. The lowest BCUT2D eigenvalue weighted by molar-refractivity contribution is 0.213. The molecule has 1 fully saturated rings. The first-order chi connectivity index (χ1) is 8.27. The summed E-state index contributed by atoms with van der Waals surface area (Å²) in [4.78, 5) is 2.59. The van der Waals surface area contributed by atoms with Crippen LogP contribution in [0.5, 0.6) is 0 Å². The smallest absolute Gasteiger partial charge is 0.0947 e. The van der Waals surface area contributed by atoms with Crippen molar-refractivity contribution in [3.63, 3.8) is 0 Å². The average Bonchev–Trinajstić information content (AvgIpc) is 2.83. The predicted molar refractivity (Wildman–Crippen MR) is 73.4 cm³/mol. The van der Waals surface area contributed by atoms with E-state index in [1.165, 1.54) is 17.9 Å². The molecule has 2 atom stereocenters. The molecule has 2 rings (SSSR count). The first kappa shape index (κ1) is 13.0. The molecule has 0 radical (unpaired) electrons. The van der Waals surface area contributed by atoms with E-state index in [9.17, 15) is 0 Å². The maximum Gasteiger partial charge on any atom is 0.0947 e. The number of hydrogen-bond donors (Lipinski definition) is 1. The summed E-state index contributed by atoms with van der Waals surface area (Å²) in [7, 11) is 0. The van der Waals surface area contributed by atoms with Crippen molar-refractivity contribution in [2.45, 2.75) is 31.7 Å². The number of rotatable bonds is 5. The highest BCUT2D eigenvalue weighted by Gasteiger charge is 2.24. The lowest BCUT2D eigenvalue weighted by atomic mass is 10.2. The third kappa shape index (κ3) is 3.76. The van der Waals surface area contributed by atoms with Crippen LogP contribution in [0.4, 0.5) is 0 Å². The van der Waals surface area contributed by atoms with E-state index in [4.69, 9.17) is 4.42 Å². The molecule has 0 bridgehead atoms. The van der Waals surface area contributed by atoms with Crippen LogP contribution in [0.15, 0.2) is 23.0 Å². The van der Waals surface area contributed by atoms with Gasteiger partial charge in [0.05, 0.1) is 12.5 Å². The fourth-order valence-corrected chi connectivity index (χ4v) is 3.32. The van der Waals surface area contributed by atoms with Gasteiger partial charge in [-0.1, -0.05) is 6.92 Å². The molecular weight excluding hydrogens is 232 g/mol. The summed E-state index contributed by atoms with van der Waals surface area (Å²) in [5.74, 6) is 1.27. The van der Waals surface area contributed by atoms with Crippen LogP contribution < -0.4 is 5.32 Å². The van der Waals surface area contributed by atoms with Crippen LogP contribution in [-0.4, -0.2) is 41.6 Å². The Bertz CT molecular complexity index is 315. The molecular formula is C13H22N2OS. The van der Waals surface area contributed by atoms with Gasteiger partial charge in [0.2, 0.25) is 0 Å². The van der Waals surface area contributed by atoms with E-state index in [1.807, 2.05) is 6.07 Å². The van der Waals surface area contributed by atoms with Gasteiger partial charge in [-0.25, -0.2) is 0 Å². The second-order valence-electron chi connectivity index (χ2n) is 4.66. The Labute approximate surface area is 108 Å². The molecule has 0 spiro atoms. The third-order valence-electron chi connectivity index (χ3n) is 3.50. The van der Waals surface area contributed by atoms with Crippen molar-refractivity contribution in [3.8, 4) is 0 Å². The minimum Gasteiger partial charge on any atom is -0.472 e. The summed E-state index contributed by atoms with van der Waals surface area (Å²) >= 11 is 2.09. The largest absolute Gasteiger partial charge is 0.472 e. The Hall–Kier alpha value is -0.450. The standard InChI is InChI=1S/C13H22N2OS/c1-11-12(2)17-8-6-15(11)5-4-14-9-13-3-7-16-10-13/h3,7,10-12,14H,4-6,8-9H2,1-2H3. The van der Waals surface area contributed by atoms with E-state index in [-0.39, 0.29) is 0 Å². The zero-order chi connectivity index (χ0) is 12.1. The number of hydrogen-bond acceptors (Lipinski definition) is 4. The number of nitrogens with zero attached hydrogens (tertiary/aromatic N) is 1. The average molecular weight is 254 g/mol. The van der Waals surface area contributed by atoms with Crippen molar-refractivity contribution in [1.29, 1.82) is 0 Å². The minimum absolute atomic E-state index is 0.699. The molecule has 1 aliphatic heterocycles. The lowest BCUT2D eigenvalue weighted by Crippen LogP contribution is -2.47. The first-order valence-electron chi connectivity index (χ1n) is 6.35. The molecule has 0 aromatic carbocycles. The Balaban J connectivity index is 1.64. The normalized spacial score (nSPS) is 26.2. The number of furan rings is 1. The SMILES string of the molecule is CC1SCCN(CCNCc2ccoc2)C1C. The van der Waals surface area contributed by atoms with Crippen LogP contribution in [0.2, 0.25) is 0 Å². The summed E-state index contributed by atoms with van der Waals surface area (Å²) in [6, 6.07) is 2.71. The molecule has 1 N–H and O–H groups in total. The van der Waals surface area contributed by atoms with Gasteiger partial charge in [0.25, 0.3) is 0 Å². The monoisotopic (exact) mass is 254 g/mol. The van der Waals surface area contributed by atoms with Gasteiger partial charge in [-0.3, -0.25) is 4.90 Å². The molecule has 96 valence electrons. The second-order valence-corrected chi connectivity index (χ2v) is 6.15. The zero-order valence-corrected chi connectivity index (χ0v) is 11.5. The van der Waals surface area contributed by atoms with Crippen molar-refractivity contribution in [2.24, 2.45) is 0 Å². The van der Waals surface area contributed by atoms with Gasteiger partial charge in [-0.2, -0.15) is 11.8 Å². The second kappa shape index (κ2) is 6.47. The molecule has 3 nitrogen and oxygen atoms in total. The fraction of sp³-hybridized carbons (Fsp3) is 0.692. The van der Waals surface area contributed by atoms with E-state index in [2.05, 4.69) is 35.8 Å². The maximum atomic E-state index is 5.04. The molecule has 0 amide bonds. The van der Waals surface area contributed by atoms with Gasteiger partial charge in [0.15, 0.2) is 0 Å². The molecule has 2 unspecified atom stereocenters. The zero-order valence-electron chi connectivity index (χ0n) is 10.7. The third-order valence-corrected chi connectivity index (χ3v) is 4.84. The van der Waals surface area contributed by atoms with E-state index in [0.717, 1.165) is 24.9 Å². The molecule has 0 saturated carbocycles. The summed E-state index contributed by atoms with van der Waals surface area (Å²) in [5, 5.41) is 4.22. The van der Waals surface area contributed by atoms with Crippen LogP contribution in [0.3, 0.4) is 0 Å². The first-order valence-corrected chi connectivity index (χ1v) is 7.39. The van der Waals surface area contributed by atoms with Gasteiger partial charge >= 0.3 is 0 Å². The molecule has 17 heavy (non-hydrogen) atoms. The van der Waals surface area contributed by atoms with Crippen molar-refractivity contribution in [3.05, 3.63) is 24.2 Å². The van der Waals surface area contributed by atoms with Crippen LogP contribution in [0.25, 0.3) is 0 Å². The Morgan fingerprint density at radius 1 is 1.53 bits per heavy atom. The van der Waals surface area contributed by atoms with E-state index < -0.39 is 0 Å². The van der Waals surface area contributed by atoms with E-state index in [1.54, 1.807) is 12.5 Å². The minimum atomic E-state index is 0.699. The molecule has 1 aliphatic rings. The molecule has 4 heteroatoms. The Morgan fingerprint density at radius 2 is 2.41 bits per heavy atom. The van der Waals surface area contributed by atoms with Crippen LogP contribution >= 0.6 is 11.8 Å². The van der Waals surface area contributed by atoms with Crippen LogP contribution in [0.1, 0.15) is 19.4 Å². The molecule has 2 heterocycles. The van der Waals surface area contributed by atoms with Crippen molar-refractivity contribution in [2.75, 3.05) is 25.4 Å². The Morgan fingerprint density at radius 3 is 3.18 bits per heavy atom. The highest BCUT2D eigenvalue weighted by molar-refractivity contribution is 8.00. The van der Waals surface area contributed by atoms with E-state index >= 15 is 0 Å². The highest BCUT2D eigenvalue weighted by atomic mass is 32.2. The van der Waals surface area contributed by atoms with Gasteiger partial charge in [-0.05, 0) is 13.0 Å². The summed E-state index contributed by atoms with van der Waals surface area (Å²) < 4.78 is 5.04. The van der Waals surface area contributed by atoms with Gasteiger partial charge in [0.1, 0.15) is 0 Å². The molecule has 0 aliphatic carbocycles. The van der Waals surface area contributed by atoms with Crippen molar-refractivity contribution >= 4 is 11.8 Å². The quantitative estimate of drug-likeness (QED) is 0.816. The molecule has 1 aromatic heterocycles. The predicted octanol–water partition coefficient (Wildman–Crippen LogP) is 2.20. The van der Waals surface area contributed by atoms with Gasteiger partial charge in [-0.15, -0.1) is 0 Å². The van der Waals surface area contributed by atoms with Crippen molar-refractivity contribution < 1.29 is 4.42 Å². The number of thioether (sulfide) groups is 1. The fourth-order valence-electron chi connectivity index (χ4n) is 2.16.